The number of hydrogen-bond acceptors (Lipinski definition) is 1. The van der Waals surface area contributed by atoms with Crippen molar-refractivity contribution in [3.63, 3.8) is 0 Å². The maximum Gasteiger partial charge on any atom is 0.0626 e. The minimum Gasteiger partial charge on any atom is -0.390 e. The molecule has 0 aromatic carbocycles. The van der Waals surface area contributed by atoms with Crippen molar-refractivity contribution < 1.29 is 5.11 Å². The van der Waals surface area contributed by atoms with Crippen LogP contribution in [-0.4, -0.2) is 10.7 Å². The third-order valence-electron chi connectivity index (χ3n) is 1.56. The lowest BCUT2D eigenvalue weighted by Crippen LogP contribution is -2.16. The van der Waals surface area contributed by atoms with Crippen LogP contribution >= 0.6 is 0 Å². The third kappa shape index (κ3) is 9.44. The molecule has 12 heavy (non-hydrogen) atoms. The van der Waals surface area contributed by atoms with Crippen molar-refractivity contribution in [1.82, 2.24) is 0 Å². The SMILES string of the molecule is C=CCCCC=CCC(C)(C)O. The summed E-state index contributed by atoms with van der Waals surface area (Å²) in [5.41, 5.74) is -0.561. The van der Waals surface area contributed by atoms with E-state index in [1.54, 1.807) is 0 Å². The lowest BCUT2D eigenvalue weighted by molar-refractivity contribution is 0.0838. The molecule has 0 spiro atoms. The molecule has 0 rings (SSSR count). The highest BCUT2D eigenvalue weighted by atomic mass is 16.3. The van der Waals surface area contributed by atoms with E-state index in [1.165, 1.54) is 0 Å². The standard InChI is InChI=1S/C11H20O/c1-4-5-6-7-8-9-10-11(2,3)12/h4,8-9,12H,1,5-7,10H2,2-3H3. The van der Waals surface area contributed by atoms with Crippen LogP contribution in [0.15, 0.2) is 24.8 Å². The van der Waals surface area contributed by atoms with Crippen LogP contribution in [0.3, 0.4) is 0 Å². The Bertz CT molecular complexity index is 140. The Kier molecular flexibility index (Phi) is 5.73. The summed E-state index contributed by atoms with van der Waals surface area (Å²) in [6, 6.07) is 0. The Morgan fingerprint density at radius 3 is 2.42 bits per heavy atom. The van der Waals surface area contributed by atoms with Crippen molar-refractivity contribution >= 4 is 0 Å². The smallest absolute Gasteiger partial charge is 0.0626 e. The largest absolute Gasteiger partial charge is 0.390 e. The van der Waals surface area contributed by atoms with Crippen molar-refractivity contribution in [2.45, 2.75) is 45.1 Å². The first kappa shape index (κ1) is 11.4. The van der Waals surface area contributed by atoms with Gasteiger partial charge in [-0.1, -0.05) is 18.2 Å². The minimum atomic E-state index is -0.561. The average molecular weight is 168 g/mol. The van der Waals surface area contributed by atoms with Crippen LogP contribution in [0.5, 0.6) is 0 Å². The van der Waals surface area contributed by atoms with Gasteiger partial charge in [0.15, 0.2) is 0 Å². The second kappa shape index (κ2) is 6.01. The highest BCUT2D eigenvalue weighted by molar-refractivity contribution is 4.87. The Hall–Kier alpha value is -0.560. The van der Waals surface area contributed by atoms with Crippen LogP contribution in [-0.2, 0) is 0 Å². The van der Waals surface area contributed by atoms with Crippen molar-refractivity contribution in [3.05, 3.63) is 24.8 Å². The van der Waals surface area contributed by atoms with E-state index >= 15 is 0 Å². The molecule has 70 valence electrons. The van der Waals surface area contributed by atoms with Gasteiger partial charge in [-0.25, -0.2) is 0 Å². The molecule has 0 aromatic heterocycles. The highest BCUT2D eigenvalue weighted by Gasteiger charge is 2.08. The van der Waals surface area contributed by atoms with E-state index in [2.05, 4.69) is 12.7 Å². The predicted octanol–water partition coefficient (Wildman–Crippen LogP) is 3.06. The van der Waals surface area contributed by atoms with Crippen LogP contribution in [0.25, 0.3) is 0 Å². The number of hydrogen-bond donors (Lipinski definition) is 1. The lowest BCUT2D eigenvalue weighted by Gasteiger charge is -2.13. The topological polar surface area (TPSA) is 20.2 Å². The summed E-state index contributed by atoms with van der Waals surface area (Å²) in [7, 11) is 0. The molecular weight excluding hydrogens is 148 g/mol. The fraction of sp³-hybridized carbons (Fsp3) is 0.636. The molecule has 0 atom stereocenters. The summed E-state index contributed by atoms with van der Waals surface area (Å²) in [5.74, 6) is 0. The summed E-state index contributed by atoms with van der Waals surface area (Å²) in [6.07, 6.45) is 10.2. The van der Waals surface area contributed by atoms with Gasteiger partial charge in [-0.05, 0) is 39.5 Å². The normalized spacial score (nSPS) is 12.2. The fourth-order valence-electron chi connectivity index (χ4n) is 0.870. The second-order valence-electron chi connectivity index (χ2n) is 3.71. The lowest BCUT2D eigenvalue weighted by atomic mass is 10.1. The molecule has 0 radical (unpaired) electrons. The van der Waals surface area contributed by atoms with Gasteiger partial charge in [-0.15, -0.1) is 6.58 Å². The molecule has 0 aliphatic carbocycles. The molecule has 0 aliphatic heterocycles. The van der Waals surface area contributed by atoms with Crippen molar-refractivity contribution in [3.8, 4) is 0 Å². The second-order valence-corrected chi connectivity index (χ2v) is 3.71. The van der Waals surface area contributed by atoms with E-state index < -0.39 is 5.60 Å². The van der Waals surface area contributed by atoms with E-state index in [0.29, 0.717) is 0 Å². The zero-order chi connectivity index (χ0) is 9.45. The maximum absolute atomic E-state index is 9.35. The van der Waals surface area contributed by atoms with E-state index in [0.717, 1.165) is 25.7 Å². The molecule has 0 heterocycles. The first-order chi connectivity index (χ1) is 5.56. The molecule has 0 aliphatic rings. The van der Waals surface area contributed by atoms with Crippen molar-refractivity contribution in [1.29, 1.82) is 0 Å². The number of aliphatic hydroxyl groups is 1. The molecule has 0 fully saturated rings. The van der Waals surface area contributed by atoms with Gasteiger partial charge in [0.2, 0.25) is 0 Å². The van der Waals surface area contributed by atoms with Gasteiger partial charge in [0, 0.05) is 0 Å². The molecule has 1 heteroatoms. The molecular formula is C11H20O. The van der Waals surface area contributed by atoms with E-state index in [1.807, 2.05) is 26.0 Å². The minimum absolute atomic E-state index is 0.561. The van der Waals surface area contributed by atoms with Gasteiger partial charge in [0.25, 0.3) is 0 Å². The zero-order valence-corrected chi connectivity index (χ0v) is 8.21. The third-order valence-corrected chi connectivity index (χ3v) is 1.56. The molecule has 0 aromatic rings. The van der Waals surface area contributed by atoms with Gasteiger partial charge in [-0.3, -0.25) is 0 Å². The highest BCUT2D eigenvalue weighted by Crippen LogP contribution is 2.08. The van der Waals surface area contributed by atoms with Gasteiger partial charge >= 0.3 is 0 Å². The first-order valence-electron chi connectivity index (χ1n) is 4.54. The van der Waals surface area contributed by atoms with Gasteiger partial charge in [0.1, 0.15) is 0 Å². The van der Waals surface area contributed by atoms with E-state index in [4.69, 9.17) is 0 Å². The van der Waals surface area contributed by atoms with Gasteiger partial charge < -0.3 is 5.11 Å². The molecule has 1 nitrogen and oxygen atoms in total. The Balaban J connectivity index is 3.31. The molecule has 0 amide bonds. The summed E-state index contributed by atoms with van der Waals surface area (Å²) in [5, 5.41) is 9.35. The van der Waals surface area contributed by atoms with Crippen LogP contribution in [0, 0.1) is 0 Å². The van der Waals surface area contributed by atoms with Crippen LogP contribution in [0.2, 0.25) is 0 Å². The number of allylic oxidation sites excluding steroid dienone is 2. The maximum atomic E-state index is 9.35. The Morgan fingerprint density at radius 1 is 1.25 bits per heavy atom. The monoisotopic (exact) mass is 168 g/mol. The van der Waals surface area contributed by atoms with Crippen molar-refractivity contribution in [2.24, 2.45) is 0 Å². The number of unbranched alkanes of at least 4 members (excludes halogenated alkanes) is 2. The van der Waals surface area contributed by atoms with Gasteiger partial charge in [0.05, 0.1) is 5.60 Å². The number of rotatable bonds is 6. The van der Waals surface area contributed by atoms with Crippen LogP contribution < -0.4 is 0 Å². The van der Waals surface area contributed by atoms with Gasteiger partial charge in [-0.2, -0.15) is 0 Å². The Morgan fingerprint density at radius 2 is 1.92 bits per heavy atom. The fourth-order valence-corrected chi connectivity index (χ4v) is 0.870. The first-order valence-corrected chi connectivity index (χ1v) is 4.54. The predicted molar refractivity (Wildman–Crippen MR) is 54.1 cm³/mol. The van der Waals surface area contributed by atoms with Crippen LogP contribution in [0.1, 0.15) is 39.5 Å². The summed E-state index contributed by atoms with van der Waals surface area (Å²) in [6.45, 7) is 7.29. The quantitative estimate of drug-likeness (QED) is 0.477. The van der Waals surface area contributed by atoms with Crippen molar-refractivity contribution in [2.75, 3.05) is 0 Å². The summed E-state index contributed by atoms with van der Waals surface area (Å²) >= 11 is 0. The molecule has 0 bridgehead atoms. The average Bonchev–Trinajstić information content (AvgIpc) is 1.94. The summed E-state index contributed by atoms with van der Waals surface area (Å²) < 4.78 is 0. The van der Waals surface area contributed by atoms with E-state index in [-0.39, 0.29) is 0 Å². The van der Waals surface area contributed by atoms with Crippen LogP contribution in [0.4, 0.5) is 0 Å². The molecule has 1 N–H and O–H groups in total. The molecule has 0 unspecified atom stereocenters. The summed E-state index contributed by atoms with van der Waals surface area (Å²) in [4.78, 5) is 0. The Labute approximate surface area is 75.8 Å². The zero-order valence-electron chi connectivity index (χ0n) is 8.21. The molecule has 0 saturated heterocycles. The molecule has 0 saturated carbocycles. The van der Waals surface area contributed by atoms with E-state index in [9.17, 15) is 5.11 Å².